The molecule has 11 heavy (non-hydrogen) atoms. The van der Waals surface area contributed by atoms with E-state index in [-0.39, 0.29) is 5.78 Å². The van der Waals surface area contributed by atoms with Crippen LogP contribution in [0.4, 0.5) is 0 Å². The van der Waals surface area contributed by atoms with Crippen molar-refractivity contribution in [3.8, 4) is 0 Å². The highest BCUT2D eigenvalue weighted by molar-refractivity contribution is 5.77. The molecule has 66 valence electrons. The Morgan fingerprint density at radius 2 is 2.00 bits per heavy atom. The van der Waals surface area contributed by atoms with Gasteiger partial charge in [-0.2, -0.15) is 0 Å². The van der Waals surface area contributed by atoms with E-state index >= 15 is 0 Å². The van der Waals surface area contributed by atoms with Gasteiger partial charge in [-0.05, 0) is 18.8 Å². The minimum absolute atomic E-state index is 0.205. The molecular weight excluding hydrogens is 138 g/mol. The van der Waals surface area contributed by atoms with Gasteiger partial charge in [0, 0.05) is 6.54 Å². The van der Waals surface area contributed by atoms with E-state index in [1.165, 1.54) is 0 Å². The zero-order valence-electron chi connectivity index (χ0n) is 8.03. The van der Waals surface area contributed by atoms with Gasteiger partial charge in [0.25, 0.3) is 0 Å². The van der Waals surface area contributed by atoms with Gasteiger partial charge in [-0.3, -0.25) is 4.79 Å². The first-order valence-corrected chi connectivity index (χ1v) is 4.18. The Kier molecular flexibility index (Phi) is 4.34. The molecule has 0 rings (SSSR count). The van der Waals surface area contributed by atoms with Gasteiger partial charge in [0.05, 0.1) is 6.54 Å². The van der Waals surface area contributed by atoms with Crippen LogP contribution in [0, 0.1) is 5.41 Å². The van der Waals surface area contributed by atoms with E-state index in [1.807, 2.05) is 0 Å². The number of carbonyl (C=O) groups is 1. The lowest BCUT2D eigenvalue weighted by atomic mass is 9.90. The summed E-state index contributed by atoms with van der Waals surface area (Å²) in [6.45, 7) is 9.58. The molecule has 0 aromatic rings. The minimum Gasteiger partial charge on any atom is -0.309 e. The lowest BCUT2D eigenvalue weighted by Gasteiger charge is -2.22. The van der Waals surface area contributed by atoms with Crippen molar-refractivity contribution in [2.24, 2.45) is 5.41 Å². The topological polar surface area (TPSA) is 29.1 Å². The molecule has 0 heterocycles. The molecule has 0 aliphatic heterocycles. The molecule has 0 atom stereocenters. The van der Waals surface area contributed by atoms with Crippen molar-refractivity contribution in [1.82, 2.24) is 5.32 Å². The van der Waals surface area contributed by atoms with Gasteiger partial charge < -0.3 is 5.32 Å². The number of hydrogen-bond acceptors (Lipinski definition) is 2. The first-order valence-electron chi connectivity index (χ1n) is 4.18. The first-order chi connectivity index (χ1) is 4.98. The molecule has 0 unspecified atom stereocenters. The van der Waals surface area contributed by atoms with Crippen molar-refractivity contribution in [3.63, 3.8) is 0 Å². The van der Waals surface area contributed by atoms with Gasteiger partial charge in [0.2, 0.25) is 0 Å². The summed E-state index contributed by atoms with van der Waals surface area (Å²) in [7, 11) is 0. The first kappa shape index (κ1) is 10.6. The average molecular weight is 157 g/mol. The highest BCUT2D eigenvalue weighted by atomic mass is 16.1. The normalized spacial score (nSPS) is 11.6. The molecule has 0 amide bonds. The number of carbonyl (C=O) groups excluding carboxylic acids is 1. The van der Waals surface area contributed by atoms with Gasteiger partial charge >= 0.3 is 0 Å². The zero-order valence-corrected chi connectivity index (χ0v) is 8.03. The Morgan fingerprint density at radius 3 is 2.36 bits per heavy atom. The van der Waals surface area contributed by atoms with Crippen molar-refractivity contribution in [1.29, 1.82) is 0 Å². The SMILES string of the molecule is CCC(C)(C)CNCC(C)=O. The summed E-state index contributed by atoms with van der Waals surface area (Å²) in [6, 6.07) is 0. The van der Waals surface area contributed by atoms with Crippen LogP contribution in [0.2, 0.25) is 0 Å². The highest BCUT2D eigenvalue weighted by Gasteiger charge is 2.13. The highest BCUT2D eigenvalue weighted by Crippen LogP contribution is 2.17. The maximum Gasteiger partial charge on any atom is 0.143 e. The summed E-state index contributed by atoms with van der Waals surface area (Å²) in [6.07, 6.45) is 1.14. The Labute approximate surface area is 69.4 Å². The number of hydrogen-bond donors (Lipinski definition) is 1. The van der Waals surface area contributed by atoms with E-state index in [9.17, 15) is 4.79 Å². The quantitative estimate of drug-likeness (QED) is 0.656. The second kappa shape index (κ2) is 4.50. The fourth-order valence-electron chi connectivity index (χ4n) is 0.702. The lowest BCUT2D eigenvalue weighted by Crippen LogP contribution is -2.31. The second-order valence-electron chi connectivity index (χ2n) is 3.82. The molecule has 0 bridgehead atoms. The summed E-state index contributed by atoms with van der Waals surface area (Å²) in [5.41, 5.74) is 0.315. The van der Waals surface area contributed by atoms with Crippen LogP contribution >= 0.6 is 0 Å². The smallest absolute Gasteiger partial charge is 0.143 e. The van der Waals surface area contributed by atoms with Crippen LogP contribution in [0.5, 0.6) is 0 Å². The van der Waals surface area contributed by atoms with Gasteiger partial charge in [-0.25, -0.2) is 0 Å². The van der Waals surface area contributed by atoms with E-state index < -0.39 is 0 Å². The third-order valence-electron chi connectivity index (χ3n) is 1.93. The molecule has 0 saturated carbocycles. The Balaban J connectivity index is 3.45. The molecule has 0 saturated heterocycles. The van der Waals surface area contributed by atoms with Crippen LogP contribution in [-0.2, 0) is 4.79 Å². The van der Waals surface area contributed by atoms with E-state index in [0.717, 1.165) is 13.0 Å². The van der Waals surface area contributed by atoms with Crippen molar-refractivity contribution in [2.75, 3.05) is 13.1 Å². The molecule has 2 nitrogen and oxygen atoms in total. The maximum atomic E-state index is 10.6. The fourth-order valence-corrected chi connectivity index (χ4v) is 0.702. The zero-order chi connectivity index (χ0) is 8.91. The van der Waals surface area contributed by atoms with Crippen molar-refractivity contribution in [3.05, 3.63) is 0 Å². The predicted molar refractivity (Wildman–Crippen MR) is 47.6 cm³/mol. The molecule has 0 spiro atoms. The summed E-state index contributed by atoms with van der Waals surface area (Å²) in [5, 5.41) is 3.13. The van der Waals surface area contributed by atoms with Crippen molar-refractivity contribution in [2.45, 2.75) is 34.1 Å². The number of rotatable bonds is 5. The third-order valence-corrected chi connectivity index (χ3v) is 1.93. The summed E-state index contributed by atoms with van der Waals surface area (Å²) < 4.78 is 0. The minimum atomic E-state index is 0.205. The van der Waals surface area contributed by atoms with Gasteiger partial charge in [-0.1, -0.05) is 20.8 Å². The van der Waals surface area contributed by atoms with Crippen molar-refractivity contribution < 1.29 is 4.79 Å². The number of nitrogens with one attached hydrogen (secondary N) is 1. The standard InChI is InChI=1S/C9H19NO/c1-5-9(3,4)7-10-6-8(2)11/h10H,5-7H2,1-4H3. The molecule has 0 aliphatic rings. The largest absolute Gasteiger partial charge is 0.309 e. The summed E-state index contributed by atoms with van der Waals surface area (Å²) in [5.74, 6) is 0.205. The molecule has 0 aliphatic carbocycles. The average Bonchev–Trinajstić information content (AvgIpc) is 1.87. The molecule has 1 N–H and O–H groups in total. The third kappa shape index (κ3) is 6.05. The molecular formula is C9H19NO. The molecule has 2 heteroatoms. The second-order valence-corrected chi connectivity index (χ2v) is 3.82. The van der Waals surface area contributed by atoms with Crippen molar-refractivity contribution >= 4 is 5.78 Å². The van der Waals surface area contributed by atoms with Gasteiger partial charge in [-0.15, -0.1) is 0 Å². The molecule has 0 radical (unpaired) electrons. The maximum absolute atomic E-state index is 10.6. The summed E-state index contributed by atoms with van der Waals surface area (Å²) in [4.78, 5) is 10.6. The lowest BCUT2D eigenvalue weighted by molar-refractivity contribution is -0.116. The number of ketones is 1. The monoisotopic (exact) mass is 157 g/mol. The van der Waals surface area contributed by atoms with Crippen LogP contribution in [-0.4, -0.2) is 18.9 Å². The van der Waals surface area contributed by atoms with E-state index in [2.05, 4.69) is 26.1 Å². The summed E-state index contributed by atoms with van der Waals surface area (Å²) >= 11 is 0. The van der Waals surface area contributed by atoms with Crippen LogP contribution in [0.3, 0.4) is 0 Å². The Bertz CT molecular complexity index is 130. The van der Waals surface area contributed by atoms with E-state index in [1.54, 1.807) is 6.92 Å². The Morgan fingerprint density at radius 1 is 1.45 bits per heavy atom. The van der Waals surface area contributed by atoms with Crippen LogP contribution in [0.15, 0.2) is 0 Å². The molecule has 0 fully saturated rings. The number of Topliss-reactive ketones (excluding diaryl/α,β-unsaturated/α-hetero) is 1. The molecule has 0 aromatic carbocycles. The van der Waals surface area contributed by atoms with Crippen LogP contribution < -0.4 is 5.32 Å². The van der Waals surface area contributed by atoms with Crippen LogP contribution in [0.1, 0.15) is 34.1 Å². The fraction of sp³-hybridized carbons (Fsp3) is 0.889. The van der Waals surface area contributed by atoms with E-state index in [4.69, 9.17) is 0 Å². The van der Waals surface area contributed by atoms with Gasteiger partial charge in [0.1, 0.15) is 5.78 Å². The van der Waals surface area contributed by atoms with Gasteiger partial charge in [0.15, 0.2) is 0 Å². The Hall–Kier alpha value is -0.370. The van der Waals surface area contributed by atoms with E-state index in [0.29, 0.717) is 12.0 Å². The molecule has 0 aromatic heterocycles. The van der Waals surface area contributed by atoms with Crippen LogP contribution in [0.25, 0.3) is 0 Å². The predicted octanol–water partition coefficient (Wildman–Crippen LogP) is 1.60.